The van der Waals surface area contributed by atoms with Gasteiger partial charge in [-0.3, -0.25) is 4.68 Å². The number of nitriles is 1. The fourth-order valence-electron chi connectivity index (χ4n) is 3.40. The van der Waals surface area contributed by atoms with Crippen molar-refractivity contribution in [3.05, 3.63) is 54.2 Å². The molecule has 6 nitrogen and oxygen atoms in total. The number of aryl methyl sites for hydroxylation is 1. The minimum absolute atomic E-state index is 0.489. The van der Waals surface area contributed by atoms with Crippen LogP contribution < -0.4 is 0 Å². The molecule has 1 aromatic carbocycles. The maximum atomic E-state index is 8.91. The van der Waals surface area contributed by atoms with E-state index in [4.69, 9.17) is 10.4 Å². The predicted octanol–water partition coefficient (Wildman–Crippen LogP) is 2.64. The molecular formula is C19H20N6. The largest absolute Gasteiger partial charge is 0.306 e. The lowest BCUT2D eigenvalue weighted by Gasteiger charge is -2.23. The van der Waals surface area contributed by atoms with Crippen LogP contribution in [0.15, 0.2) is 43.0 Å². The van der Waals surface area contributed by atoms with Crippen molar-refractivity contribution in [1.29, 1.82) is 5.26 Å². The number of hydrogen-bond acceptors (Lipinski definition) is 4. The number of hydrogen-bond donors (Lipinski definition) is 0. The third-order valence-electron chi connectivity index (χ3n) is 4.70. The van der Waals surface area contributed by atoms with E-state index in [1.807, 2.05) is 15.4 Å². The topological polar surface area (TPSA) is 62.7 Å². The van der Waals surface area contributed by atoms with Gasteiger partial charge in [-0.15, -0.1) is 0 Å². The van der Waals surface area contributed by atoms with Crippen molar-refractivity contribution in [2.24, 2.45) is 0 Å². The summed E-state index contributed by atoms with van der Waals surface area (Å²) in [6.07, 6.45) is 6.97. The van der Waals surface area contributed by atoms with Crippen molar-refractivity contribution in [2.45, 2.75) is 25.9 Å². The van der Waals surface area contributed by atoms with Crippen LogP contribution in [0.5, 0.6) is 0 Å². The van der Waals surface area contributed by atoms with Gasteiger partial charge < -0.3 is 9.47 Å². The normalized spacial score (nSPS) is 14.2. The molecule has 0 saturated carbocycles. The van der Waals surface area contributed by atoms with E-state index in [-0.39, 0.29) is 0 Å². The second-order valence-electron chi connectivity index (χ2n) is 6.41. The molecule has 0 spiro atoms. The highest BCUT2D eigenvalue weighted by Gasteiger charge is 2.23. The Bertz CT molecular complexity index is 899. The number of fused-ring (bicyclic) bond motifs is 1. The second-order valence-corrected chi connectivity index (χ2v) is 6.41. The highest BCUT2D eigenvalue weighted by Crippen LogP contribution is 2.30. The molecule has 0 fully saturated rings. The summed E-state index contributed by atoms with van der Waals surface area (Å²) in [5.74, 6) is 0. The minimum Gasteiger partial charge on any atom is -0.306 e. The van der Waals surface area contributed by atoms with Crippen molar-refractivity contribution in [2.75, 3.05) is 13.6 Å². The summed E-state index contributed by atoms with van der Waals surface area (Å²) in [6.45, 7) is 2.60. The van der Waals surface area contributed by atoms with Crippen molar-refractivity contribution >= 4 is 0 Å². The number of likely N-dealkylation sites (N-methyl/N-ethyl adjacent to an activating group) is 1. The summed E-state index contributed by atoms with van der Waals surface area (Å²) < 4.78 is 4.02. The SMILES string of the molecule is CN1CCc2c(c(-c3ccc(-n4ccnc4)cc3)nn2CCC#N)C1. The van der Waals surface area contributed by atoms with Gasteiger partial charge in [0.25, 0.3) is 0 Å². The Morgan fingerprint density at radius 3 is 2.80 bits per heavy atom. The fourth-order valence-corrected chi connectivity index (χ4v) is 3.40. The Balaban J connectivity index is 1.72. The first-order valence-electron chi connectivity index (χ1n) is 8.49. The van der Waals surface area contributed by atoms with E-state index >= 15 is 0 Å². The summed E-state index contributed by atoms with van der Waals surface area (Å²) in [5, 5.41) is 13.8. The van der Waals surface area contributed by atoms with Crippen molar-refractivity contribution in [3.8, 4) is 23.0 Å². The predicted molar refractivity (Wildman–Crippen MR) is 95.1 cm³/mol. The second kappa shape index (κ2) is 6.54. The molecule has 2 aromatic heterocycles. The summed E-state index contributed by atoms with van der Waals surface area (Å²) in [7, 11) is 2.14. The third kappa shape index (κ3) is 2.94. The summed E-state index contributed by atoms with van der Waals surface area (Å²) in [5.41, 5.74) is 5.81. The zero-order valence-corrected chi connectivity index (χ0v) is 14.3. The van der Waals surface area contributed by atoms with Crippen LogP contribution in [-0.4, -0.2) is 37.8 Å². The van der Waals surface area contributed by atoms with Crippen LogP contribution in [0, 0.1) is 11.3 Å². The van der Waals surface area contributed by atoms with Gasteiger partial charge in [0, 0.05) is 54.4 Å². The maximum Gasteiger partial charge on any atom is 0.0991 e. The summed E-state index contributed by atoms with van der Waals surface area (Å²) >= 11 is 0. The van der Waals surface area contributed by atoms with Crippen molar-refractivity contribution in [3.63, 3.8) is 0 Å². The van der Waals surface area contributed by atoms with Gasteiger partial charge in [-0.1, -0.05) is 12.1 Å². The van der Waals surface area contributed by atoms with Gasteiger partial charge in [-0.05, 0) is 19.2 Å². The molecule has 6 heteroatoms. The van der Waals surface area contributed by atoms with Crippen molar-refractivity contribution < 1.29 is 0 Å². The number of benzene rings is 1. The molecule has 25 heavy (non-hydrogen) atoms. The van der Waals surface area contributed by atoms with E-state index in [2.05, 4.69) is 47.3 Å². The minimum atomic E-state index is 0.489. The zero-order valence-electron chi connectivity index (χ0n) is 14.3. The Labute approximate surface area is 146 Å². The van der Waals surface area contributed by atoms with Gasteiger partial charge in [0.2, 0.25) is 0 Å². The molecule has 4 rings (SSSR count). The highest BCUT2D eigenvalue weighted by atomic mass is 15.3. The molecule has 0 unspecified atom stereocenters. The number of rotatable bonds is 4. The molecular weight excluding hydrogens is 312 g/mol. The van der Waals surface area contributed by atoms with Crippen LogP contribution >= 0.6 is 0 Å². The third-order valence-corrected chi connectivity index (χ3v) is 4.70. The standard InChI is InChI=1S/C19H20N6/c1-23-11-7-18-17(13-23)19(22-25(18)10-2-8-20)15-3-5-16(6-4-15)24-12-9-21-14-24/h3-6,9,12,14H,2,7,10-11,13H2,1H3. The smallest absolute Gasteiger partial charge is 0.0991 e. The molecule has 3 aromatic rings. The van der Waals surface area contributed by atoms with Crippen LogP contribution in [-0.2, 0) is 19.5 Å². The number of aromatic nitrogens is 4. The van der Waals surface area contributed by atoms with E-state index in [0.29, 0.717) is 13.0 Å². The molecule has 0 amide bonds. The van der Waals surface area contributed by atoms with Gasteiger partial charge in [0.05, 0.1) is 31.1 Å². The number of imidazole rings is 1. The molecule has 0 radical (unpaired) electrons. The molecule has 1 aliphatic rings. The lowest BCUT2D eigenvalue weighted by Crippen LogP contribution is -2.27. The lowest BCUT2D eigenvalue weighted by atomic mass is 10.0. The first-order valence-corrected chi connectivity index (χ1v) is 8.49. The lowest BCUT2D eigenvalue weighted by molar-refractivity contribution is 0.308. The van der Waals surface area contributed by atoms with Gasteiger partial charge in [-0.2, -0.15) is 10.4 Å². The fraction of sp³-hybridized carbons (Fsp3) is 0.316. The van der Waals surface area contributed by atoms with E-state index in [9.17, 15) is 0 Å². The molecule has 1 aliphatic heterocycles. The Morgan fingerprint density at radius 2 is 2.08 bits per heavy atom. The number of nitrogens with zero attached hydrogens (tertiary/aromatic N) is 6. The average molecular weight is 332 g/mol. The van der Waals surface area contributed by atoms with E-state index < -0.39 is 0 Å². The zero-order chi connectivity index (χ0) is 17.2. The van der Waals surface area contributed by atoms with E-state index in [1.54, 1.807) is 12.5 Å². The van der Waals surface area contributed by atoms with Gasteiger partial charge in [0.1, 0.15) is 0 Å². The molecule has 126 valence electrons. The Hall–Kier alpha value is -2.91. The highest BCUT2D eigenvalue weighted by molar-refractivity contribution is 5.65. The summed E-state index contributed by atoms with van der Waals surface area (Å²) in [4.78, 5) is 6.41. The van der Waals surface area contributed by atoms with Gasteiger partial charge >= 0.3 is 0 Å². The first kappa shape index (κ1) is 15.6. The Morgan fingerprint density at radius 1 is 1.24 bits per heavy atom. The van der Waals surface area contributed by atoms with Crippen molar-refractivity contribution in [1.82, 2.24) is 24.2 Å². The van der Waals surface area contributed by atoms with Crippen LogP contribution in [0.4, 0.5) is 0 Å². The summed E-state index contributed by atoms with van der Waals surface area (Å²) in [6, 6.07) is 10.6. The quantitative estimate of drug-likeness (QED) is 0.737. The van der Waals surface area contributed by atoms with E-state index in [1.165, 1.54) is 11.3 Å². The average Bonchev–Trinajstić information content (AvgIpc) is 3.28. The Kier molecular flexibility index (Phi) is 4.08. The molecule has 0 bridgehead atoms. The van der Waals surface area contributed by atoms with Gasteiger partial charge in [0.15, 0.2) is 0 Å². The van der Waals surface area contributed by atoms with Crippen LogP contribution in [0.3, 0.4) is 0 Å². The maximum absolute atomic E-state index is 8.91. The molecule has 0 N–H and O–H groups in total. The molecule has 0 aliphatic carbocycles. The van der Waals surface area contributed by atoms with Crippen LogP contribution in [0.2, 0.25) is 0 Å². The van der Waals surface area contributed by atoms with Crippen LogP contribution in [0.1, 0.15) is 17.7 Å². The monoisotopic (exact) mass is 332 g/mol. The molecule has 3 heterocycles. The van der Waals surface area contributed by atoms with Crippen LogP contribution in [0.25, 0.3) is 16.9 Å². The van der Waals surface area contributed by atoms with E-state index in [0.717, 1.165) is 36.5 Å². The molecule has 0 saturated heterocycles. The first-order chi connectivity index (χ1) is 12.3. The van der Waals surface area contributed by atoms with Gasteiger partial charge in [-0.25, -0.2) is 4.98 Å². The molecule has 0 atom stereocenters.